The number of nitrogens with zero attached hydrogens (tertiary/aromatic N) is 5. The highest BCUT2D eigenvalue weighted by atomic mass is 32.2. The molecule has 0 radical (unpaired) electrons. The summed E-state index contributed by atoms with van der Waals surface area (Å²) in [6.07, 6.45) is 2.54. The number of rotatable bonds is 6. The summed E-state index contributed by atoms with van der Waals surface area (Å²) in [4.78, 5) is 9.98. The summed E-state index contributed by atoms with van der Waals surface area (Å²) in [5, 5.41) is 4.26. The molecule has 1 saturated heterocycles. The third-order valence-electron chi connectivity index (χ3n) is 6.66. The van der Waals surface area contributed by atoms with Gasteiger partial charge in [-0.2, -0.15) is 5.10 Å². The van der Waals surface area contributed by atoms with Crippen LogP contribution < -0.4 is 4.90 Å². The lowest BCUT2D eigenvalue weighted by Gasteiger charge is -2.34. The minimum Gasteiger partial charge on any atom is -0.369 e. The molecule has 2 aromatic heterocycles. The predicted octanol–water partition coefficient (Wildman–Crippen LogP) is 3.92. The standard InChI is InChI=1S/C27H31N5O2S/c1-20(2)35(33,34)24-11-9-22(10-12-24)25-8-5-13-32-27(25)28-26(29-32)19-21-6-4-7-23(18-21)31-16-14-30(3)15-17-31/h4-13,18,20H,14-17,19H2,1-3H3. The summed E-state index contributed by atoms with van der Waals surface area (Å²) in [6.45, 7) is 7.61. The van der Waals surface area contributed by atoms with Gasteiger partial charge in [-0.25, -0.2) is 17.9 Å². The van der Waals surface area contributed by atoms with Crippen molar-refractivity contribution in [2.45, 2.75) is 30.4 Å². The predicted molar refractivity (Wildman–Crippen MR) is 140 cm³/mol. The van der Waals surface area contributed by atoms with Gasteiger partial charge < -0.3 is 9.80 Å². The molecular formula is C27H31N5O2S. The van der Waals surface area contributed by atoms with Crippen LogP contribution in [-0.2, 0) is 16.3 Å². The number of aromatic nitrogens is 3. The van der Waals surface area contributed by atoms with Gasteiger partial charge in [-0.3, -0.25) is 0 Å². The van der Waals surface area contributed by atoms with Crippen LogP contribution in [0.5, 0.6) is 0 Å². The lowest BCUT2D eigenvalue weighted by Crippen LogP contribution is -2.44. The van der Waals surface area contributed by atoms with Crippen molar-refractivity contribution in [2.24, 2.45) is 0 Å². The van der Waals surface area contributed by atoms with Gasteiger partial charge in [-0.15, -0.1) is 0 Å². The highest BCUT2D eigenvalue weighted by molar-refractivity contribution is 7.92. The van der Waals surface area contributed by atoms with Gasteiger partial charge in [0.15, 0.2) is 21.3 Å². The summed E-state index contributed by atoms with van der Waals surface area (Å²) >= 11 is 0. The van der Waals surface area contributed by atoms with Crippen LogP contribution in [0, 0.1) is 0 Å². The Morgan fingerprint density at radius 3 is 2.40 bits per heavy atom. The number of hydrogen-bond acceptors (Lipinski definition) is 6. The molecule has 7 nitrogen and oxygen atoms in total. The van der Waals surface area contributed by atoms with E-state index in [1.165, 1.54) is 11.3 Å². The Bertz CT molecular complexity index is 1440. The van der Waals surface area contributed by atoms with Gasteiger partial charge in [-0.05, 0) is 68.4 Å². The zero-order valence-electron chi connectivity index (χ0n) is 20.4. The first-order valence-corrected chi connectivity index (χ1v) is 13.6. The molecule has 0 spiro atoms. The van der Waals surface area contributed by atoms with E-state index in [-0.39, 0.29) is 0 Å². The number of hydrogen-bond donors (Lipinski definition) is 0. The van der Waals surface area contributed by atoms with Crippen LogP contribution in [0.2, 0.25) is 0 Å². The van der Waals surface area contributed by atoms with Crippen molar-refractivity contribution < 1.29 is 8.42 Å². The average molecular weight is 490 g/mol. The Balaban J connectivity index is 1.40. The molecule has 0 unspecified atom stereocenters. The van der Waals surface area contributed by atoms with Crippen molar-refractivity contribution in [3.8, 4) is 11.1 Å². The minimum atomic E-state index is -3.30. The van der Waals surface area contributed by atoms with E-state index >= 15 is 0 Å². The Kier molecular flexibility index (Phi) is 6.34. The van der Waals surface area contributed by atoms with Crippen molar-refractivity contribution in [3.63, 3.8) is 0 Å². The second kappa shape index (κ2) is 9.43. The van der Waals surface area contributed by atoms with Crippen molar-refractivity contribution >= 4 is 21.2 Å². The number of fused-ring (bicyclic) bond motifs is 1. The van der Waals surface area contributed by atoms with Gasteiger partial charge >= 0.3 is 0 Å². The second-order valence-corrected chi connectivity index (χ2v) is 12.0. The van der Waals surface area contributed by atoms with Gasteiger partial charge in [0, 0.05) is 50.0 Å². The van der Waals surface area contributed by atoms with Gasteiger partial charge in [0.1, 0.15) is 0 Å². The number of sulfone groups is 1. The first-order chi connectivity index (χ1) is 16.8. The SMILES string of the molecule is CC(C)S(=O)(=O)c1ccc(-c2cccn3nc(Cc4cccc(N5CCN(C)CC5)c4)nc23)cc1. The normalized spacial score (nSPS) is 15.3. The third kappa shape index (κ3) is 4.81. The lowest BCUT2D eigenvalue weighted by molar-refractivity contribution is 0.313. The van der Waals surface area contributed by atoms with Crippen LogP contribution in [-0.4, -0.2) is 66.4 Å². The molecule has 182 valence electrons. The molecule has 4 aromatic rings. The average Bonchev–Trinajstić information content (AvgIpc) is 3.27. The number of piperazine rings is 1. The molecule has 0 bridgehead atoms. The van der Waals surface area contributed by atoms with E-state index in [0.29, 0.717) is 11.3 Å². The molecule has 5 rings (SSSR count). The quantitative estimate of drug-likeness (QED) is 0.409. The maximum Gasteiger partial charge on any atom is 0.180 e. The Morgan fingerprint density at radius 1 is 0.943 bits per heavy atom. The van der Waals surface area contributed by atoms with E-state index < -0.39 is 15.1 Å². The molecule has 3 heterocycles. The minimum absolute atomic E-state index is 0.339. The van der Waals surface area contributed by atoms with Crippen molar-refractivity contribution in [1.82, 2.24) is 19.5 Å². The van der Waals surface area contributed by atoms with Gasteiger partial charge in [-0.1, -0.05) is 24.3 Å². The molecule has 1 fully saturated rings. The van der Waals surface area contributed by atoms with E-state index in [1.807, 2.05) is 30.5 Å². The number of pyridine rings is 1. The zero-order chi connectivity index (χ0) is 24.6. The molecule has 8 heteroatoms. The molecule has 35 heavy (non-hydrogen) atoms. The van der Waals surface area contributed by atoms with Gasteiger partial charge in [0.2, 0.25) is 0 Å². The summed E-state index contributed by atoms with van der Waals surface area (Å²) in [6, 6.07) is 19.6. The van der Waals surface area contributed by atoms with E-state index in [9.17, 15) is 8.42 Å². The van der Waals surface area contributed by atoms with Crippen LogP contribution in [0.3, 0.4) is 0 Å². The second-order valence-electron chi connectivity index (χ2n) is 9.47. The monoisotopic (exact) mass is 489 g/mol. The summed E-state index contributed by atoms with van der Waals surface area (Å²) in [5.41, 5.74) is 5.02. The molecule has 0 N–H and O–H groups in total. The number of likely N-dealkylation sites (N-methyl/N-ethyl adjacent to an activating group) is 1. The van der Waals surface area contributed by atoms with Crippen molar-refractivity contribution in [3.05, 3.63) is 78.2 Å². The highest BCUT2D eigenvalue weighted by Crippen LogP contribution is 2.27. The van der Waals surface area contributed by atoms with E-state index in [1.54, 1.807) is 30.5 Å². The van der Waals surface area contributed by atoms with E-state index in [4.69, 9.17) is 10.1 Å². The molecule has 0 amide bonds. The molecule has 0 atom stereocenters. The third-order valence-corrected chi connectivity index (χ3v) is 8.83. The molecular weight excluding hydrogens is 458 g/mol. The first kappa shape index (κ1) is 23.5. The van der Waals surface area contributed by atoms with Crippen LogP contribution in [0.25, 0.3) is 16.8 Å². The highest BCUT2D eigenvalue weighted by Gasteiger charge is 2.19. The zero-order valence-corrected chi connectivity index (χ0v) is 21.2. The van der Waals surface area contributed by atoms with Crippen LogP contribution in [0.1, 0.15) is 25.2 Å². The Hall–Kier alpha value is -3.23. The Morgan fingerprint density at radius 2 is 1.69 bits per heavy atom. The lowest BCUT2D eigenvalue weighted by atomic mass is 10.1. The molecule has 1 aliphatic heterocycles. The van der Waals surface area contributed by atoms with Gasteiger partial charge in [0.25, 0.3) is 0 Å². The molecule has 2 aromatic carbocycles. The number of benzene rings is 2. The maximum absolute atomic E-state index is 12.5. The topological polar surface area (TPSA) is 70.8 Å². The molecule has 0 aliphatic carbocycles. The van der Waals surface area contributed by atoms with E-state index in [2.05, 4.69) is 41.1 Å². The molecule has 0 saturated carbocycles. The number of anilines is 1. The fourth-order valence-electron chi connectivity index (χ4n) is 4.46. The first-order valence-electron chi connectivity index (χ1n) is 12.0. The Labute approximate surface area is 206 Å². The summed E-state index contributed by atoms with van der Waals surface area (Å²) in [7, 11) is -1.14. The largest absolute Gasteiger partial charge is 0.369 e. The fourth-order valence-corrected chi connectivity index (χ4v) is 5.52. The van der Waals surface area contributed by atoms with Crippen molar-refractivity contribution in [2.75, 3.05) is 38.1 Å². The van der Waals surface area contributed by atoms with Crippen LogP contribution in [0.4, 0.5) is 5.69 Å². The van der Waals surface area contributed by atoms with Crippen LogP contribution >= 0.6 is 0 Å². The smallest absolute Gasteiger partial charge is 0.180 e. The maximum atomic E-state index is 12.5. The fraction of sp³-hybridized carbons (Fsp3) is 0.333. The van der Waals surface area contributed by atoms with Crippen molar-refractivity contribution in [1.29, 1.82) is 0 Å². The summed E-state index contributed by atoms with van der Waals surface area (Å²) in [5.74, 6) is 0.756. The molecule has 1 aliphatic rings. The van der Waals surface area contributed by atoms with Gasteiger partial charge in [0.05, 0.1) is 10.1 Å². The van der Waals surface area contributed by atoms with Crippen LogP contribution in [0.15, 0.2) is 71.8 Å². The summed E-state index contributed by atoms with van der Waals surface area (Å²) < 4.78 is 26.8. The van der Waals surface area contributed by atoms with E-state index in [0.717, 1.165) is 48.8 Å².